The molecule has 1 aromatic rings. The van der Waals surface area contributed by atoms with Crippen LogP contribution >= 0.6 is 47.1 Å². The average Bonchev–Trinajstić information content (AvgIpc) is 2.81. The minimum absolute atomic E-state index is 0. The van der Waals surface area contributed by atoms with E-state index in [0.29, 0.717) is 5.25 Å². The first kappa shape index (κ1) is 17.1. The molecule has 1 heterocycles. The Hall–Kier alpha value is 0.0500. The molecule has 0 saturated heterocycles. The van der Waals surface area contributed by atoms with Gasteiger partial charge in [-0.05, 0) is 17.7 Å². The maximum atomic E-state index is 4.18. The highest BCUT2D eigenvalue weighted by Crippen LogP contribution is 2.07. The van der Waals surface area contributed by atoms with Gasteiger partial charge in [0.05, 0.1) is 6.54 Å². The second-order valence-corrected chi connectivity index (χ2v) is 5.74. The van der Waals surface area contributed by atoms with Crippen LogP contribution in [0.3, 0.4) is 0 Å². The van der Waals surface area contributed by atoms with E-state index in [1.807, 2.05) is 11.8 Å². The van der Waals surface area contributed by atoms with Crippen LogP contribution in [0, 0.1) is 0 Å². The second kappa shape index (κ2) is 10.0. The number of rotatable bonds is 5. The highest BCUT2D eigenvalue weighted by Gasteiger charge is 2.02. The lowest BCUT2D eigenvalue weighted by atomic mass is 10.4. The number of thiophene rings is 1. The molecule has 0 bridgehead atoms. The standard InChI is InChI=1S/C11H19N3S2.HI/c1-9(15-3)7-13-11(12-2)14-8-10-5-4-6-16-10;/h4-6,9H,7-8H2,1-3H3,(H2,12,13,14);1H. The molecule has 0 aromatic carbocycles. The van der Waals surface area contributed by atoms with Crippen LogP contribution in [0.5, 0.6) is 0 Å². The van der Waals surface area contributed by atoms with Gasteiger partial charge in [-0.1, -0.05) is 13.0 Å². The van der Waals surface area contributed by atoms with Crippen LogP contribution in [0.2, 0.25) is 0 Å². The minimum Gasteiger partial charge on any atom is -0.355 e. The van der Waals surface area contributed by atoms with E-state index in [1.165, 1.54) is 4.88 Å². The molecule has 0 aliphatic rings. The number of hydrogen-bond donors (Lipinski definition) is 2. The van der Waals surface area contributed by atoms with Gasteiger partial charge in [-0.2, -0.15) is 11.8 Å². The van der Waals surface area contributed by atoms with Gasteiger partial charge in [-0.15, -0.1) is 35.3 Å². The minimum atomic E-state index is 0. The maximum absolute atomic E-state index is 4.18. The van der Waals surface area contributed by atoms with E-state index in [9.17, 15) is 0 Å². The van der Waals surface area contributed by atoms with Gasteiger partial charge in [0, 0.05) is 23.7 Å². The van der Waals surface area contributed by atoms with Gasteiger partial charge in [0.2, 0.25) is 0 Å². The Kier molecular flexibility index (Phi) is 10.0. The Labute approximate surface area is 129 Å². The quantitative estimate of drug-likeness (QED) is 0.465. The number of guanidine groups is 1. The third-order valence-corrected chi connectivity index (χ3v) is 4.04. The molecule has 0 aliphatic carbocycles. The molecule has 6 heteroatoms. The third kappa shape index (κ3) is 7.15. The van der Waals surface area contributed by atoms with Crippen LogP contribution in [-0.2, 0) is 6.54 Å². The Balaban J connectivity index is 0.00000256. The Morgan fingerprint density at radius 3 is 2.82 bits per heavy atom. The molecule has 0 saturated carbocycles. The van der Waals surface area contributed by atoms with Crippen molar-refractivity contribution in [1.82, 2.24) is 10.6 Å². The fraction of sp³-hybridized carbons (Fsp3) is 0.545. The molecule has 0 radical (unpaired) electrons. The topological polar surface area (TPSA) is 36.4 Å². The highest BCUT2D eigenvalue weighted by molar-refractivity contribution is 14.0. The van der Waals surface area contributed by atoms with E-state index in [-0.39, 0.29) is 24.0 Å². The molecule has 0 fully saturated rings. The smallest absolute Gasteiger partial charge is 0.191 e. The van der Waals surface area contributed by atoms with E-state index in [1.54, 1.807) is 18.4 Å². The van der Waals surface area contributed by atoms with Crippen LogP contribution < -0.4 is 10.6 Å². The fourth-order valence-electron chi connectivity index (χ4n) is 1.13. The lowest BCUT2D eigenvalue weighted by Gasteiger charge is -2.14. The van der Waals surface area contributed by atoms with Crippen molar-refractivity contribution >= 4 is 53.0 Å². The van der Waals surface area contributed by atoms with Crippen LogP contribution in [0.1, 0.15) is 11.8 Å². The first-order valence-electron chi connectivity index (χ1n) is 5.26. The van der Waals surface area contributed by atoms with Crippen molar-refractivity contribution in [3.05, 3.63) is 22.4 Å². The van der Waals surface area contributed by atoms with E-state index in [4.69, 9.17) is 0 Å². The zero-order valence-corrected chi connectivity index (χ0v) is 14.4. The van der Waals surface area contributed by atoms with Crippen LogP contribution in [0.15, 0.2) is 22.5 Å². The molecule has 0 aliphatic heterocycles. The number of nitrogens with one attached hydrogen (secondary N) is 2. The van der Waals surface area contributed by atoms with E-state index < -0.39 is 0 Å². The van der Waals surface area contributed by atoms with Crippen molar-refractivity contribution < 1.29 is 0 Å². The van der Waals surface area contributed by atoms with E-state index in [2.05, 4.69) is 46.3 Å². The molecule has 98 valence electrons. The summed E-state index contributed by atoms with van der Waals surface area (Å²) in [6, 6.07) is 4.18. The molecule has 3 nitrogen and oxygen atoms in total. The first-order chi connectivity index (χ1) is 7.76. The normalized spacial score (nSPS) is 12.8. The molecule has 1 rings (SSSR count). The van der Waals surface area contributed by atoms with Gasteiger partial charge < -0.3 is 10.6 Å². The van der Waals surface area contributed by atoms with Gasteiger partial charge in [-0.3, -0.25) is 4.99 Å². The van der Waals surface area contributed by atoms with Gasteiger partial charge in [0.1, 0.15) is 0 Å². The molecule has 0 amide bonds. The summed E-state index contributed by atoms with van der Waals surface area (Å²) in [6.45, 7) is 3.97. The lowest BCUT2D eigenvalue weighted by molar-refractivity contribution is 0.795. The Bertz CT molecular complexity index is 315. The zero-order chi connectivity index (χ0) is 11.8. The fourth-order valence-corrected chi connectivity index (χ4v) is 2.02. The summed E-state index contributed by atoms with van der Waals surface area (Å²) >= 11 is 3.60. The van der Waals surface area contributed by atoms with Gasteiger partial charge in [0.25, 0.3) is 0 Å². The molecule has 1 atom stereocenters. The van der Waals surface area contributed by atoms with Crippen molar-refractivity contribution in [2.45, 2.75) is 18.7 Å². The summed E-state index contributed by atoms with van der Waals surface area (Å²) in [5.74, 6) is 0.870. The highest BCUT2D eigenvalue weighted by atomic mass is 127. The summed E-state index contributed by atoms with van der Waals surface area (Å²) in [4.78, 5) is 5.50. The van der Waals surface area contributed by atoms with Crippen molar-refractivity contribution in [2.24, 2.45) is 4.99 Å². The summed E-state index contributed by atoms with van der Waals surface area (Å²) in [5, 5.41) is 9.28. The van der Waals surface area contributed by atoms with Crippen molar-refractivity contribution in [3.63, 3.8) is 0 Å². The van der Waals surface area contributed by atoms with Gasteiger partial charge in [0.15, 0.2) is 5.96 Å². The van der Waals surface area contributed by atoms with E-state index in [0.717, 1.165) is 19.0 Å². The average molecular weight is 385 g/mol. The molecular weight excluding hydrogens is 365 g/mol. The largest absolute Gasteiger partial charge is 0.355 e. The second-order valence-electron chi connectivity index (χ2n) is 3.43. The summed E-state index contributed by atoms with van der Waals surface area (Å²) in [6.07, 6.45) is 2.12. The van der Waals surface area contributed by atoms with E-state index >= 15 is 0 Å². The van der Waals surface area contributed by atoms with Crippen LogP contribution in [0.4, 0.5) is 0 Å². The summed E-state index contributed by atoms with van der Waals surface area (Å²) in [7, 11) is 1.80. The molecule has 1 aromatic heterocycles. The predicted octanol–water partition coefficient (Wildman–Crippen LogP) is 2.78. The molecule has 0 spiro atoms. The number of thioether (sulfide) groups is 1. The maximum Gasteiger partial charge on any atom is 0.191 e. The van der Waals surface area contributed by atoms with Crippen molar-refractivity contribution in [1.29, 1.82) is 0 Å². The summed E-state index contributed by atoms with van der Waals surface area (Å²) in [5.41, 5.74) is 0. The number of halogens is 1. The molecule has 2 N–H and O–H groups in total. The predicted molar refractivity (Wildman–Crippen MR) is 90.9 cm³/mol. The number of nitrogens with zero attached hydrogens (tertiary/aromatic N) is 1. The molecular formula is C11H20IN3S2. The van der Waals surface area contributed by atoms with Gasteiger partial charge >= 0.3 is 0 Å². The monoisotopic (exact) mass is 385 g/mol. The van der Waals surface area contributed by atoms with Gasteiger partial charge in [-0.25, -0.2) is 0 Å². The van der Waals surface area contributed by atoms with Crippen LogP contribution in [-0.4, -0.2) is 31.1 Å². The molecule has 17 heavy (non-hydrogen) atoms. The van der Waals surface area contributed by atoms with Crippen molar-refractivity contribution in [2.75, 3.05) is 19.8 Å². The number of aliphatic imine (C=N–C) groups is 1. The summed E-state index contributed by atoms with van der Waals surface area (Å²) < 4.78 is 0. The Morgan fingerprint density at radius 2 is 2.29 bits per heavy atom. The zero-order valence-electron chi connectivity index (χ0n) is 10.4. The number of hydrogen-bond acceptors (Lipinski definition) is 3. The third-order valence-electron chi connectivity index (χ3n) is 2.19. The molecule has 1 unspecified atom stereocenters. The SMILES string of the molecule is CN=C(NCc1cccs1)NCC(C)SC.I. The lowest BCUT2D eigenvalue weighted by Crippen LogP contribution is -2.39. The van der Waals surface area contributed by atoms with Crippen LogP contribution in [0.25, 0.3) is 0 Å². The van der Waals surface area contributed by atoms with Crippen molar-refractivity contribution in [3.8, 4) is 0 Å². The first-order valence-corrected chi connectivity index (χ1v) is 7.42. The Morgan fingerprint density at radius 1 is 1.53 bits per heavy atom.